The van der Waals surface area contributed by atoms with Crippen molar-refractivity contribution in [2.75, 3.05) is 34.2 Å². The van der Waals surface area contributed by atoms with Crippen LogP contribution in [0.3, 0.4) is 0 Å². The Morgan fingerprint density at radius 2 is 1.48 bits per heavy atom. The first-order chi connectivity index (χ1) is 12.1. The Labute approximate surface area is 145 Å². The van der Waals surface area contributed by atoms with Crippen molar-refractivity contribution in [3.63, 3.8) is 0 Å². The second kappa shape index (κ2) is 6.72. The van der Waals surface area contributed by atoms with Gasteiger partial charge >= 0.3 is 0 Å². The van der Waals surface area contributed by atoms with Gasteiger partial charge in [0.05, 0.1) is 39.5 Å². The molecule has 0 saturated carbocycles. The normalized spacial score (nSPS) is 10.6. The third-order valence-electron chi connectivity index (χ3n) is 3.87. The van der Waals surface area contributed by atoms with E-state index >= 15 is 0 Å². The summed E-state index contributed by atoms with van der Waals surface area (Å²) < 4.78 is 21.4. The zero-order valence-corrected chi connectivity index (χ0v) is 14.5. The third-order valence-corrected chi connectivity index (χ3v) is 3.87. The van der Waals surface area contributed by atoms with Crippen LogP contribution in [-0.2, 0) is 0 Å². The molecule has 2 N–H and O–H groups in total. The SMILES string of the molecule is COc1cc2nc(-c3cccc(OC)c3OC)nc(N)c2cc1OC. The maximum Gasteiger partial charge on any atom is 0.171 e. The number of nitrogen functional groups attached to an aromatic ring is 1. The van der Waals surface area contributed by atoms with E-state index in [2.05, 4.69) is 9.97 Å². The summed E-state index contributed by atoms with van der Waals surface area (Å²) in [6.45, 7) is 0. The van der Waals surface area contributed by atoms with Gasteiger partial charge in [-0.1, -0.05) is 6.07 Å². The van der Waals surface area contributed by atoms with E-state index in [1.54, 1.807) is 46.6 Å². The monoisotopic (exact) mass is 341 g/mol. The Hall–Kier alpha value is -3.22. The van der Waals surface area contributed by atoms with E-state index in [1.807, 2.05) is 12.1 Å². The van der Waals surface area contributed by atoms with Crippen molar-refractivity contribution >= 4 is 16.7 Å². The van der Waals surface area contributed by atoms with Crippen LogP contribution >= 0.6 is 0 Å². The van der Waals surface area contributed by atoms with Gasteiger partial charge in [-0.2, -0.15) is 0 Å². The molecule has 7 heteroatoms. The number of hydrogen-bond acceptors (Lipinski definition) is 7. The van der Waals surface area contributed by atoms with Crippen molar-refractivity contribution in [2.24, 2.45) is 0 Å². The number of ether oxygens (including phenoxy) is 4. The molecule has 3 rings (SSSR count). The average Bonchev–Trinajstić information content (AvgIpc) is 2.65. The van der Waals surface area contributed by atoms with Gasteiger partial charge in [-0.25, -0.2) is 9.97 Å². The summed E-state index contributed by atoms with van der Waals surface area (Å²) in [5.74, 6) is 3.05. The molecule has 1 aromatic heterocycles. The van der Waals surface area contributed by atoms with Crippen LogP contribution in [0.25, 0.3) is 22.3 Å². The molecule has 2 aromatic carbocycles. The molecule has 0 bridgehead atoms. The van der Waals surface area contributed by atoms with Crippen molar-refractivity contribution in [3.05, 3.63) is 30.3 Å². The van der Waals surface area contributed by atoms with Crippen LogP contribution in [0, 0.1) is 0 Å². The Kier molecular flexibility index (Phi) is 4.47. The maximum absolute atomic E-state index is 6.15. The highest BCUT2D eigenvalue weighted by Crippen LogP contribution is 2.39. The van der Waals surface area contributed by atoms with E-state index in [1.165, 1.54) is 0 Å². The average molecular weight is 341 g/mol. The first-order valence-electron chi connectivity index (χ1n) is 7.53. The summed E-state index contributed by atoms with van der Waals surface area (Å²) in [6, 6.07) is 9.02. The minimum atomic E-state index is 0.339. The predicted molar refractivity (Wildman–Crippen MR) is 95.6 cm³/mol. The Balaban J connectivity index is 2.25. The number of benzene rings is 2. The summed E-state index contributed by atoms with van der Waals surface area (Å²) >= 11 is 0. The highest BCUT2D eigenvalue weighted by molar-refractivity contribution is 5.92. The molecular formula is C18H19N3O4. The zero-order chi connectivity index (χ0) is 18.0. The van der Waals surface area contributed by atoms with Gasteiger partial charge in [0.2, 0.25) is 0 Å². The number of fused-ring (bicyclic) bond motifs is 1. The van der Waals surface area contributed by atoms with Gasteiger partial charge in [-0.15, -0.1) is 0 Å². The Bertz CT molecular complexity index is 928. The molecule has 0 fully saturated rings. The maximum atomic E-state index is 6.15. The Morgan fingerprint density at radius 1 is 0.800 bits per heavy atom. The Morgan fingerprint density at radius 3 is 2.12 bits per heavy atom. The lowest BCUT2D eigenvalue weighted by Crippen LogP contribution is -2.01. The molecule has 130 valence electrons. The van der Waals surface area contributed by atoms with Gasteiger partial charge < -0.3 is 24.7 Å². The first kappa shape index (κ1) is 16.6. The van der Waals surface area contributed by atoms with Crippen molar-refractivity contribution in [1.82, 2.24) is 9.97 Å². The van der Waals surface area contributed by atoms with Gasteiger partial charge in [0.25, 0.3) is 0 Å². The summed E-state index contributed by atoms with van der Waals surface area (Å²) in [4.78, 5) is 9.03. The summed E-state index contributed by atoms with van der Waals surface area (Å²) in [6.07, 6.45) is 0. The summed E-state index contributed by atoms with van der Waals surface area (Å²) in [5.41, 5.74) is 7.48. The topological polar surface area (TPSA) is 88.7 Å². The second-order valence-corrected chi connectivity index (χ2v) is 5.20. The quantitative estimate of drug-likeness (QED) is 0.763. The molecule has 0 radical (unpaired) electrons. The molecule has 0 aliphatic rings. The smallest absolute Gasteiger partial charge is 0.171 e. The fraction of sp³-hybridized carbons (Fsp3) is 0.222. The first-order valence-corrected chi connectivity index (χ1v) is 7.53. The van der Waals surface area contributed by atoms with E-state index in [9.17, 15) is 0 Å². The summed E-state index contributed by atoms with van der Waals surface area (Å²) in [7, 11) is 6.28. The van der Waals surface area contributed by atoms with Gasteiger partial charge in [0.15, 0.2) is 28.8 Å². The van der Waals surface area contributed by atoms with Crippen molar-refractivity contribution < 1.29 is 18.9 Å². The van der Waals surface area contributed by atoms with E-state index in [0.29, 0.717) is 51.1 Å². The van der Waals surface area contributed by atoms with Crippen LogP contribution in [0.1, 0.15) is 0 Å². The van der Waals surface area contributed by atoms with Gasteiger partial charge in [0, 0.05) is 11.5 Å². The highest BCUT2D eigenvalue weighted by atomic mass is 16.5. The van der Waals surface area contributed by atoms with Crippen LogP contribution in [0.2, 0.25) is 0 Å². The molecule has 3 aromatic rings. The van der Waals surface area contributed by atoms with Crippen LogP contribution in [-0.4, -0.2) is 38.4 Å². The van der Waals surface area contributed by atoms with E-state index < -0.39 is 0 Å². The van der Waals surface area contributed by atoms with Crippen LogP contribution < -0.4 is 24.7 Å². The number of aromatic nitrogens is 2. The predicted octanol–water partition coefficient (Wildman–Crippen LogP) is 2.91. The fourth-order valence-corrected chi connectivity index (χ4v) is 2.66. The molecule has 0 saturated heterocycles. The molecule has 0 unspecified atom stereocenters. The number of anilines is 1. The molecule has 0 spiro atoms. The van der Waals surface area contributed by atoms with Gasteiger partial charge in [-0.3, -0.25) is 0 Å². The van der Waals surface area contributed by atoms with E-state index in [4.69, 9.17) is 24.7 Å². The van der Waals surface area contributed by atoms with Crippen molar-refractivity contribution in [3.8, 4) is 34.4 Å². The van der Waals surface area contributed by atoms with Crippen LogP contribution in [0.15, 0.2) is 30.3 Å². The summed E-state index contributed by atoms with van der Waals surface area (Å²) in [5, 5.41) is 0.684. The number of nitrogens with zero attached hydrogens (tertiary/aromatic N) is 2. The lowest BCUT2D eigenvalue weighted by Gasteiger charge is -2.14. The van der Waals surface area contributed by atoms with Crippen molar-refractivity contribution in [1.29, 1.82) is 0 Å². The zero-order valence-electron chi connectivity index (χ0n) is 14.5. The third kappa shape index (κ3) is 2.84. The van der Waals surface area contributed by atoms with Crippen LogP contribution in [0.4, 0.5) is 5.82 Å². The molecule has 0 amide bonds. The molecule has 1 heterocycles. The number of hydrogen-bond donors (Lipinski definition) is 1. The van der Waals surface area contributed by atoms with Gasteiger partial charge in [-0.05, 0) is 18.2 Å². The highest BCUT2D eigenvalue weighted by Gasteiger charge is 2.17. The number of rotatable bonds is 5. The molecule has 0 atom stereocenters. The van der Waals surface area contributed by atoms with Crippen LogP contribution in [0.5, 0.6) is 23.0 Å². The number of methoxy groups -OCH3 is 4. The largest absolute Gasteiger partial charge is 0.493 e. The standard InChI is InChI=1S/C18H19N3O4/c1-22-13-7-5-6-10(16(13)25-4)18-20-12-9-15(24-3)14(23-2)8-11(12)17(19)21-18/h5-9H,1-4H3,(H2,19,20,21). The molecule has 0 aliphatic heterocycles. The molecule has 7 nitrogen and oxygen atoms in total. The fourth-order valence-electron chi connectivity index (χ4n) is 2.66. The molecule has 0 aliphatic carbocycles. The lowest BCUT2D eigenvalue weighted by atomic mass is 10.1. The minimum Gasteiger partial charge on any atom is -0.493 e. The van der Waals surface area contributed by atoms with Crippen molar-refractivity contribution in [2.45, 2.75) is 0 Å². The minimum absolute atomic E-state index is 0.339. The number of para-hydroxylation sites is 1. The number of nitrogens with two attached hydrogens (primary N) is 1. The van der Waals surface area contributed by atoms with Gasteiger partial charge in [0.1, 0.15) is 5.82 Å². The molecule has 25 heavy (non-hydrogen) atoms. The van der Waals surface area contributed by atoms with E-state index in [0.717, 1.165) is 0 Å². The lowest BCUT2D eigenvalue weighted by molar-refractivity contribution is 0.355. The van der Waals surface area contributed by atoms with E-state index in [-0.39, 0.29) is 0 Å². The molecular weight excluding hydrogens is 322 g/mol. The second-order valence-electron chi connectivity index (χ2n) is 5.20.